The predicted octanol–water partition coefficient (Wildman–Crippen LogP) is 5.28. The molecule has 35 heavy (non-hydrogen) atoms. The molecule has 2 aromatic carbocycles. The van der Waals surface area contributed by atoms with Crippen LogP contribution in [-0.2, 0) is 9.53 Å². The Morgan fingerprint density at radius 2 is 1.51 bits per heavy atom. The number of carbonyl (C=O) groups excluding carboxylic acids is 2. The van der Waals surface area contributed by atoms with Crippen molar-refractivity contribution in [1.29, 1.82) is 0 Å². The van der Waals surface area contributed by atoms with Crippen molar-refractivity contribution in [1.82, 2.24) is 0 Å². The summed E-state index contributed by atoms with van der Waals surface area (Å²) in [6, 6.07) is 10.7. The van der Waals surface area contributed by atoms with Crippen molar-refractivity contribution in [3.63, 3.8) is 0 Å². The third kappa shape index (κ3) is 5.93. The van der Waals surface area contributed by atoms with Gasteiger partial charge in [-0.05, 0) is 48.4 Å². The van der Waals surface area contributed by atoms with Gasteiger partial charge in [0, 0.05) is 17.0 Å². The zero-order valence-electron chi connectivity index (χ0n) is 20.2. The van der Waals surface area contributed by atoms with Crippen LogP contribution in [0.5, 0.6) is 23.0 Å². The van der Waals surface area contributed by atoms with Gasteiger partial charge in [0.05, 0.1) is 35.0 Å². The highest BCUT2D eigenvalue weighted by molar-refractivity contribution is 7.15. The van der Waals surface area contributed by atoms with Crippen molar-refractivity contribution in [2.75, 3.05) is 40.4 Å². The molecule has 184 valence electrons. The Morgan fingerprint density at radius 1 is 0.886 bits per heavy atom. The highest BCUT2D eigenvalue weighted by atomic mass is 32.1. The zero-order valence-corrected chi connectivity index (χ0v) is 21.0. The van der Waals surface area contributed by atoms with Crippen LogP contribution in [0.2, 0.25) is 0 Å². The summed E-state index contributed by atoms with van der Waals surface area (Å²) < 4.78 is 26.5. The van der Waals surface area contributed by atoms with Crippen molar-refractivity contribution in [2.24, 2.45) is 0 Å². The number of nitrogens with one attached hydrogen (secondary N) is 1. The van der Waals surface area contributed by atoms with E-state index in [0.29, 0.717) is 33.6 Å². The number of ether oxygens (including phenoxy) is 5. The number of carbonyl (C=O) groups is 2. The Labute approximate surface area is 208 Å². The minimum absolute atomic E-state index is 0.201. The summed E-state index contributed by atoms with van der Waals surface area (Å²) in [6.07, 6.45) is 3.02. The van der Waals surface area contributed by atoms with E-state index >= 15 is 0 Å². The fourth-order valence-electron chi connectivity index (χ4n) is 3.35. The van der Waals surface area contributed by atoms with E-state index in [-0.39, 0.29) is 12.2 Å². The van der Waals surface area contributed by atoms with Crippen molar-refractivity contribution in [3.8, 4) is 34.1 Å². The lowest BCUT2D eigenvalue weighted by atomic mass is 10.0. The van der Waals surface area contributed by atoms with Crippen molar-refractivity contribution >= 4 is 34.3 Å². The van der Waals surface area contributed by atoms with Gasteiger partial charge < -0.3 is 29.0 Å². The third-order valence-electron chi connectivity index (χ3n) is 5.04. The van der Waals surface area contributed by atoms with Gasteiger partial charge in [-0.15, -0.1) is 11.3 Å². The molecule has 0 bridgehead atoms. The molecule has 0 spiro atoms. The first-order valence-electron chi connectivity index (χ1n) is 10.7. The lowest BCUT2D eigenvalue weighted by Crippen LogP contribution is -2.12. The summed E-state index contributed by atoms with van der Waals surface area (Å²) in [5.41, 5.74) is 2.37. The molecule has 1 heterocycles. The smallest absolute Gasteiger partial charge is 0.341 e. The summed E-state index contributed by atoms with van der Waals surface area (Å²) in [5, 5.41) is 4.97. The second kappa shape index (κ2) is 11.9. The average molecular weight is 498 g/mol. The Bertz CT molecular complexity index is 1230. The number of amides is 1. The topological polar surface area (TPSA) is 92.3 Å². The molecule has 3 aromatic rings. The van der Waals surface area contributed by atoms with Crippen molar-refractivity contribution < 1.29 is 33.3 Å². The van der Waals surface area contributed by atoms with Gasteiger partial charge in [-0.2, -0.15) is 0 Å². The molecule has 0 unspecified atom stereocenters. The fraction of sp³-hybridized carbons (Fsp3) is 0.231. The second-order valence-corrected chi connectivity index (χ2v) is 7.96. The molecule has 0 fully saturated rings. The Hall–Kier alpha value is -3.98. The molecule has 0 atom stereocenters. The van der Waals surface area contributed by atoms with E-state index in [1.54, 1.807) is 70.0 Å². The van der Waals surface area contributed by atoms with Gasteiger partial charge in [-0.3, -0.25) is 4.79 Å². The number of hydrogen-bond acceptors (Lipinski definition) is 8. The van der Waals surface area contributed by atoms with Gasteiger partial charge in [0.2, 0.25) is 5.91 Å². The maximum atomic E-state index is 12.8. The molecule has 0 aliphatic heterocycles. The second-order valence-electron chi connectivity index (χ2n) is 7.08. The molecule has 3 rings (SSSR count). The normalized spacial score (nSPS) is 10.7. The highest BCUT2D eigenvalue weighted by Gasteiger charge is 2.23. The lowest BCUT2D eigenvalue weighted by Gasteiger charge is -2.11. The molecule has 1 amide bonds. The highest BCUT2D eigenvalue weighted by Crippen LogP contribution is 2.39. The van der Waals surface area contributed by atoms with E-state index < -0.39 is 11.9 Å². The summed E-state index contributed by atoms with van der Waals surface area (Å²) >= 11 is 1.23. The monoisotopic (exact) mass is 497 g/mol. The number of anilines is 1. The van der Waals surface area contributed by atoms with Crippen LogP contribution < -0.4 is 24.3 Å². The minimum atomic E-state index is -0.530. The van der Waals surface area contributed by atoms with Gasteiger partial charge in [0.1, 0.15) is 10.6 Å². The lowest BCUT2D eigenvalue weighted by molar-refractivity contribution is -0.111. The van der Waals surface area contributed by atoms with Gasteiger partial charge in [-0.1, -0.05) is 12.1 Å². The van der Waals surface area contributed by atoms with E-state index in [2.05, 4.69) is 5.32 Å². The van der Waals surface area contributed by atoms with Crippen LogP contribution in [0.1, 0.15) is 22.8 Å². The molecule has 0 aliphatic rings. The molecule has 8 nitrogen and oxygen atoms in total. The third-order valence-corrected chi connectivity index (χ3v) is 5.93. The first-order chi connectivity index (χ1) is 16.9. The zero-order chi connectivity index (χ0) is 25.4. The number of hydrogen-bond donors (Lipinski definition) is 1. The number of benzene rings is 2. The van der Waals surface area contributed by atoms with Crippen molar-refractivity contribution in [3.05, 3.63) is 59.0 Å². The van der Waals surface area contributed by atoms with E-state index in [9.17, 15) is 9.59 Å². The Balaban J connectivity index is 1.90. The molecule has 0 saturated carbocycles. The van der Waals surface area contributed by atoms with Crippen LogP contribution in [0.4, 0.5) is 5.00 Å². The first-order valence-corrected chi connectivity index (χ1v) is 11.6. The van der Waals surface area contributed by atoms with Crippen LogP contribution in [0.15, 0.2) is 47.9 Å². The van der Waals surface area contributed by atoms with E-state index in [1.807, 2.05) is 6.07 Å². The van der Waals surface area contributed by atoms with Crippen LogP contribution >= 0.6 is 11.3 Å². The van der Waals surface area contributed by atoms with Gasteiger partial charge in [-0.25, -0.2) is 4.79 Å². The van der Waals surface area contributed by atoms with Crippen molar-refractivity contribution in [2.45, 2.75) is 6.92 Å². The van der Waals surface area contributed by atoms with Gasteiger partial charge in [0.25, 0.3) is 0 Å². The average Bonchev–Trinajstić information content (AvgIpc) is 3.30. The largest absolute Gasteiger partial charge is 0.493 e. The van der Waals surface area contributed by atoms with Crippen LogP contribution in [0, 0.1) is 0 Å². The van der Waals surface area contributed by atoms with Gasteiger partial charge in [0.15, 0.2) is 23.0 Å². The summed E-state index contributed by atoms with van der Waals surface area (Å²) in [6.45, 7) is 1.93. The molecule has 9 heteroatoms. The quantitative estimate of drug-likeness (QED) is 0.301. The van der Waals surface area contributed by atoms with E-state index in [1.165, 1.54) is 24.5 Å². The standard InChI is InChI=1S/C26H27NO7S/c1-6-34-26(29)24-18(17-9-11-20(31-3)22(14-17)33-5)15-35-25(24)27-23(28)12-8-16-7-10-19(30-2)21(13-16)32-4/h7-15H,6H2,1-5H3,(H,27,28)/b12-8+. The molecule has 1 N–H and O–H groups in total. The number of methoxy groups -OCH3 is 4. The Kier molecular flexibility index (Phi) is 8.74. The molecule has 0 radical (unpaired) electrons. The van der Waals surface area contributed by atoms with Gasteiger partial charge >= 0.3 is 5.97 Å². The van der Waals surface area contributed by atoms with Crippen LogP contribution in [0.3, 0.4) is 0 Å². The fourth-order valence-corrected chi connectivity index (χ4v) is 4.31. The first kappa shape index (κ1) is 25.6. The molecular formula is C26H27NO7S. The number of rotatable bonds is 10. The minimum Gasteiger partial charge on any atom is -0.493 e. The molecule has 0 saturated heterocycles. The summed E-state index contributed by atoms with van der Waals surface area (Å²) in [4.78, 5) is 25.5. The summed E-state index contributed by atoms with van der Waals surface area (Å²) in [5.74, 6) is 1.31. The SMILES string of the molecule is CCOC(=O)c1c(-c2ccc(OC)c(OC)c2)csc1NC(=O)/C=C/c1ccc(OC)c(OC)c1. The van der Waals surface area contributed by atoms with Crippen LogP contribution in [0.25, 0.3) is 17.2 Å². The predicted molar refractivity (Wildman–Crippen MR) is 136 cm³/mol. The van der Waals surface area contributed by atoms with E-state index in [4.69, 9.17) is 23.7 Å². The number of esters is 1. The van der Waals surface area contributed by atoms with Crippen LogP contribution in [-0.4, -0.2) is 46.9 Å². The molecular weight excluding hydrogens is 470 g/mol. The maximum Gasteiger partial charge on any atom is 0.341 e. The van der Waals surface area contributed by atoms with E-state index in [0.717, 1.165) is 11.1 Å². The number of thiophene rings is 1. The Morgan fingerprint density at radius 3 is 2.14 bits per heavy atom. The summed E-state index contributed by atoms with van der Waals surface area (Å²) in [7, 11) is 6.19. The molecule has 0 aliphatic carbocycles. The maximum absolute atomic E-state index is 12.8. The molecule has 1 aromatic heterocycles.